The molecule has 1 aliphatic heterocycles. The minimum atomic E-state index is 0.127. The summed E-state index contributed by atoms with van der Waals surface area (Å²) in [6.07, 6.45) is 2.33. The highest BCUT2D eigenvalue weighted by molar-refractivity contribution is 6.31. The van der Waals surface area contributed by atoms with Gasteiger partial charge < -0.3 is 15.8 Å². The maximum Gasteiger partial charge on any atom is 0.172 e. The molecule has 4 nitrogen and oxygen atoms in total. The number of hydrogen-bond acceptors (Lipinski definition) is 3. The molecule has 0 amide bonds. The van der Waals surface area contributed by atoms with Gasteiger partial charge in [0.1, 0.15) is 0 Å². The lowest BCUT2D eigenvalue weighted by molar-refractivity contribution is 0.311. The minimum absolute atomic E-state index is 0.127. The van der Waals surface area contributed by atoms with E-state index in [9.17, 15) is 0 Å². The molecular weight excluding hydrogens is 274 g/mol. The van der Waals surface area contributed by atoms with Crippen molar-refractivity contribution in [1.82, 2.24) is 0 Å². The van der Waals surface area contributed by atoms with Crippen molar-refractivity contribution in [2.24, 2.45) is 22.7 Å². The van der Waals surface area contributed by atoms with Crippen LogP contribution in [0.2, 0.25) is 5.02 Å². The SMILES string of the molecule is CC(C)C1CCN(c2cc(Cl)ccc2/C(N)=N/O)CC1. The first-order valence-corrected chi connectivity index (χ1v) is 7.43. The van der Waals surface area contributed by atoms with E-state index in [1.165, 1.54) is 12.8 Å². The first-order chi connectivity index (χ1) is 9.52. The molecule has 1 aliphatic rings. The van der Waals surface area contributed by atoms with Gasteiger partial charge in [0.15, 0.2) is 5.84 Å². The lowest BCUT2D eigenvalue weighted by Crippen LogP contribution is -2.36. The molecule has 0 aromatic heterocycles. The number of anilines is 1. The largest absolute Gasteiger partial charge is 0.409 e. The number of amidine groups is 1. The summed E-state index contributed by atoms with van der Waals surface area (Å²) in [6, 6.07) is 5.46. The van der Waals surface area contributed by atoms with E-state index >= 15 is 0 Å². The van der Waals surface area contributed by atoms with Crippen LogP contribution in [0.4, 0.5) is 5.69 Å². The molecule has 1 aromatic rings. The molecule has 1 heterocycles. The molecule has 0 unspecified atom stereocenters. The van der Waals surface area contributed by atoms with Gasteiger partial charge in [0.05, 0.1) is 0 Å². The lowest BCUT2D eigenvalue weighted by atomic mass is 9.86. The molecule has 0 radical (unpaired) electrons. The fourth-order valence-corrected chi connectivity index (χ4v) is 3.01. The van der Waals surface area contributed by atoms with E-state index in [2.05, 4.69) is 23.9 Å². The Morgan fingerprint density at radius 1 is 1.40 bits per heavy atom. The van der Waals surface area contributed by atoms with Gasteiger partial charge in [-0.25, -0.2) is 0 Å². The van der Waals surface area contributed by atoms with E-state index in [0.717, 1.165) is 36.2 Å². The van der Waals surface area contributed by atoms with Crippen LogP contribution >= 0.6 is 11.6 Å². The molecule has 5 heteroatoms. The number of benzene rings is 1. The molecule has 0 saturated carbocycles. The second kappa shape index (κ2) is 6.35. The molecule has 0 aliphatic carbocycles. The van der Waals surface area contributed by atoms with Gasteiger partial charge in [-0.15, -0.1) is 0 Å². The number of nitrogens with two attached hydrogens (primary N) is 1. The smallest absolute Gasteiger partial charge is 0.172 e. The lowest BCUT2D eigenvalue weighted by Gasteiger charge is -2.36. The van der Waals surface area contributed by atoms with Crippen molar-refractivity contribution in [3.63, 3.8) is 0 Å². The van der Waals surface area contributed by atoms with E-state index in [4.69, 9.17) is 22.5 Å². The molecule has 2 rings (SSSR count). The van der Waals surface area contributed by atoms with Crippen molar-refractivity contribution < 1.29 is 5.21 Å². The first-order valence-electron chi connectivity index (χ1n) is 7.05. The summed E-state index contributed by atoms with van der Waals surface area (Å²) in [7, 11) is 0. The normalized spacial score (nSPS) is 17.8. The predicted octanol–water partition coefficient (Wildman–Crippen LogP) is 3.31. The van der Waals surface area contributed by atoms with Gasteiger partial charge in [0.2, 0.25) is 0 Å². The van der Waals surface area contributed by atoms with E-state index in [1.807, 2.05) is 6.07 Å². The van der Waals surface area contributed by atoms with Crippen LogP contribution in [0.5, 0.6) is 0 Å². The van der Waals surface area contributed by atoms with Crippen molar-refractivity contribution in [1.29, 1.82) is 0 Å². The van der Waals surface area contributed by atoms with Gasteiger partial charge in [-0.2, -0.15) is 0 Å². The summed E-state index contributed by atoms with van der Waals surface area (Å²) in [5.74, 6) is 1.63. The highest BCUT2D eigenvalue weighted by atomic mass is 35.5. The average Bonchev–Trinajstić information content (AvgIpc) is 2.46. The van der Waals surface area contributed by atoms with Crippen LogP contribution in [0.25, 0.3) is 0 Å². The number of piperidine rings is 1. The van der Waals surface area contributed by atoms with Crippen LogP contribution in [0, 0.1) is 11.8 Å². The quantitative estimate of drug-likeness (QED) is 0.389. The fraction of sp³-hybridized carbons (Fsp3) is 0.533. The van der Waals surface area contributed by atoms with Crippen molar-refractivity contribution in [3.8, 4) is 0 Å². The number of hydrogen-bond donors (Lipinski definition) is 2. The van der Waals surface area contributed by atoms with Crippen LogP contribution in [0.1, 0.15) is 32.3 Å². The van der Waals surface area contributed by atoms with Gasteiger partial charge >= 0.3 is 0 Å². The average molecular weight is 296 g/mol. The predicted molar refractivity (Wildman–Crippen MR) is 83.7 cm³/mol. The summed E-state index contributed by atoms with van der Waals surface area (Å²) in [4.78, 5) is 2.28. The second-order valence-corrected chi connectivity index (χ2v) is 6.15. The van der Waals surface area contributed by atoms with E-state index in [1.54, 1.807) is 12.1 Å². The Bertz CT molecular complexity index is 494. The molecular formula is C15H22ClN3O. The highest BCUT2D eigenvalue weighted by Gasteiger charge is 2.23. The number of halogens is 1. The Morgan fingerprint density at radius 3 is 2.60 bits per heavy atom. The highest BCUT2D eigenvalue weighted by Crippen LogP contribution is 2.31. The zero-order valence-corrected chi connectivity index (χ0v) is 12.8. The van der Waals surface area contributed by atoms with Crippen LogP contribution in [0.3, 0.4) is 0 Å². The number of rotatable bonds is 3. The molecule has 3 N–H and O–H groups in total. The molecule has 0 bridgehead atoms. The van der Waals surface area contributed by atoms with Crippen molar-refractivity contribution >= 4 is 23.1 Å². The maximum absolute atomic E-state index is 8.91. The summed E-state index contributed by atoms with van der Waals surface area (Å²) in [5.41, 5.74) is 7.45. The molecule has 1 fully saturated rings. The van der Waals surface area contributed by atoms with Crippen LogP contribution in [-0.4, -0.2) is 24.1 Å². The van der Waals surface area contributed by atoms with Gasteiger partial charge in [-0.3, -0.25) is 0 Å². The minimum Gasteiger partial charge on any atom is -0.409 e. The number of nitrogens with zero attached hydrogens (tertiary/aromatic N) is 2. The molecule has 0 spiro atoms. The van der Waals surface area contributed by atoms with Gasteiger partial charge in [0.25, 0.3) is 0 Å². The Labute approximate surface area is 125 Å². The van der Waals surface area contributed by atoms with Crippen LogP contribution in [0.15, 0.2) is 23.4 Å². The third-order valence-electron chi connectivity index (χ3n) is 4.17. The van der Waals surface area contributed by atoms with Crippen molar-refractivity contribution in [2.75, 3.05) is 18.0 Å². The fourth-order valence-electron chi connectivity index (χ4n) is 2.84. The zero-order chi connectivity index (χ0) is 14.7. The summed E-state index contributed by atoms with van der Waals surface area (Å²) in [6.45, 7) is 6.52. The van der Waals surface area contributed by atoms with Crippen molar-refractivity contribution in [2.45, 2.75) is 26.7 Å². The summed E-state index contributed by atoms with van der Waals surface area (Å²) >= 11 is 6.09. The first kappa shape index (κ1) is 15.0. The van der Waals surface area contributed by atoms with Crippen LogP contribution < -0.4 is 10.6 Å². The maximum atomic E-state index is 8.91. The second-order valence-electron chi connectivity index (χ2n) is 5.72. The molecule has 1 saturated heterocycles. The Kier molecular flexibility index (Phi) is 4.76. The van der Waals surface area contributed by atoms with E-state index in [-0.39, 0.29) is 5.84 Å². The molecule has 20 heavy (non-hydrogen) atoms. The third kappa shape index (κ3) is 3.18. The monoisotopic (exact) mass is 295 g/mol. The summed E-state index contributed by atoms with van der Waals surface area (Å²) in [5, 5.41) is 12.7. The zero-order valence-electron chi connectivity index (χ0n) is 12.0. The topological polar surface area (TPSA) is 61.8 Å². The molecule has 110 valence electrons. The Morgan fingerprint density at radius 2 is 2.05 bits per heavy atom. The number of oxime groups is 1. The van der Waals surface area contributed by atoms with Crippen molar-refractivity contribution in [3.05, 3.63) is 28.8 Å². The van der Waals surface area contributed by atoms with Gasteiger partial charge in [-0.1, -0.05) is 30.6 Å². The standard InChI is InChI=1S/C15H22ClN3O/c1-10(2)11-5-7-19(8-6-11)14-9-12(16)3-4-13(14)15(17)18-20/h3-4,9-11,20H,5-8H2,1-2H3,(H2,17,18). The van der Waals surface area contributed by atoms with Crippen LogP contribution in [-0.2, 0) is 0 Å². The molecule has 0 atom stereocenters. The van der Waals surface area contributed by atoms with E-state index < -0.39 is 0 Å². The Balaban J connectivity index is 2.23. The summed E-state index contributed by atoms with van der Waals surface area (Å²) < 4.78 is 0. The third-order valence-corrected chi connectivity index (χ3v) is 4.40. The Hall–Kier alpha value is -1.42. The van der Waals surface area contributed by atoms with E-state index in [0.29, 0.717) is 5.02 Å². The van der Waals surface area contributed by atoms with Gasteiger partial charge in [-0.05, 0) is 42.9 Å². The van der Waals surface area contributed by atoms with Gasteiger partial charge in [0, 0.05) is 29.4 Å². The molecule has 1 aromatic carbocycles.